The first-order valence-electron chi connectivity index (χ1n) is 8.52. The van der Waals surface area contributed by atoms with Gasteiger partial charge in [-0.2, -0.15) is 0 Å². The summed E-state index contributed by atoms with van der Waals surface area (Å²) in [6.45, 7) is 0.904. The van der Waals surface area contributed by atoms with E-state index < -0.39 is 5.82 Å². The summed E-state index contributed by atoms with van der Waals surface area (Å²) in [4.78, 5) is 19.0. The zero-order valence-electron chi connectivity index (χ0n) is 14.0. The minimum Gasteiger partial charge on any atom is -0.394 e. The second kappa shape index (κ2) is 6.80. The number of aliphatic hydroxyl groups excluding tert-OH is 1. The zero-order chi connectivity index (χ0) is 18.1. The van der Waals surface area contributed by atoms with E-state index in [1.165, 1.54) is 12.1 Å². The monoisotopic (exact) mass is 355 g/mol. The number of rotatable bonds is 4. The number of pyridine rings is 1. The number of benzene rings is 1. The van der Waals surface area contributed by atoms with E-state index in [0.717, 1.165) is 12.8 Å². The topological polar surface area (TPSA) is 84.1 Å². The molecule has 4 rings (SSSR count). The highest BCUT2D eigenvalue weighted by atomic mass is 19.1. The number of carbonyl (C=O) groups excluding carboxylic acids is 1. The number of fused-ring (bicyclic) bond motifs is 1. The Balaban J connectivity index is 1.69. The van der Waals surface area contributed by atoms with E-state index in [2.05, 4.69) is 15.3 Å². The van der Waals surface area contributed by atoms with Gasteiger partial charge in [0.25, 0.3) is 5.91 Å². The number of hydrogen-bond donors (Lipinski definition) is 1. The molecule has 2 aromatic heterocycles. The van der Waals surface area contributed by atoms with E-state index in [0.29, 0.717) is 35.1 Å². The van der Waals surface area contributed by atoms with Gasteiger partial charge in [-0.15, -0.1) is 5.10 Å². The van der Waals surface area contributed by atoms with Crippen molar-refractivity contribution in [2.45, 2.75) is 25.4 Å². The predicted octanol–water partition coefficient (Wildman–Crippen LogP) is 1.93. The summed E-state index contributed by atoms with van der Waals surface area (Å²) in [5, 5.41) is 18.4. The van der Waals surface area contributed by atoms with Crippen molar-refractivity contribution in [2.75, 3.05) is 13.2 Å². The molecule has 1 atom stereocenters. The number of carbonyl (C=O) groups is 1. The molecule has 1 aromatic carbocycles. The number of amides is 1. The maximum absolute atomic E-state index is 14.0. The molecule has 0 saturated carbocycles. The Morgan fingerprint density at radius 1 is 1.38 bits per heavy atom. The lowest BCUT2D eigenvalue weighted by atomic mass is 10.0. The van der Waals surface area contributed by atoms with Gasteiger partial charge in [0.1, 0.15) is 11.5 Å². The van der Waals surface area contributed by atoms with Gasteiger partial charge < -0.3 is 10.0 Å². The van der Waals surface area contributed by atoms with Gasteiger partial charge in [-0.05, 0) is 36.4 Å². The van der Waals surface area contributed by atoms with E-state index in [4.69, 9.17) is 5.11 Å². The van der Waals surface area contributed by atoms with E-state index in [-0.39, 0.29) is 18.6 Å². The first-order valence-corrected chi connectivity index (χ1v) is 8.52. The molecule has 3 heterocycles. The zero-order valence-corrected chi connectivity index (χ0v) is 14.0. The number of aliphatic hydroxyl groups is 1. The molecule has 1 fully saturated rings. The molecule has 1 saturated heterocycles. The van der Waals surface area contributed by atoms with Crippen molar-refractivity contribution >= 4 is 16.7 Å². The summed E-state index contributed by atoms with van der Waals surface area (Å²) >= 11 is 0. The lowest BCUT2D eigenvalue weighted by Crippen LogP contribution is -2.31. The Morgan fingerprint density at radius 3 is 3.12 bits per heavy atom. The molecule has 3 aromatic rings. The lowest BCUT2D eigenvalue weighted by molar-refractivity contribution is 0.0734. The van der Waals surface area contributed by atoms with Crippen LogP contribution in [0.1, 0.15) is 34.9 Å². The van der Waals surface area contributed by atoms with Crippen molar-refractivity contribution in [2.24, 2.45) is 0 Å². The van der Waals surface area contributed by atoms with Gasteiger partial charge in [-0.25, -0.2) is 9.07 Å². The summed E-state index contributed by atoms with van der Waals surface area (Å²) in [7, 11) is 0. The van der Waals surface area contributed by atoms with Crippen molar-refractivity contribution in [3.8, 4) is 0 Å². The standard InChI is InChI=1S/C18H18FN5O2/c19-13-8-12-3-4-20-10-15(12)14(9-13)18(26)24-5-1-2-17(24)16-11-23(6-7-25)22-21-16/h3-4,8-11,17,25H,1-2,5-7H2. The van der Waals surface area contributed by atoms with Crippen LogP contribution in [0.5, 0.6) is 0 Å². The van der Waals surface area contributed by atoms with Crippen molar-refractivity contribution in [3.05, 3.63) is 53.9 Å². The van der Waals surface area contributed by atoms with Crippen LogP contribution < -0.4 is 0 Å². The second-order valence-electron chi connectivity index (χ2n) is 6.34. The molecule has 0 aliphatic carbocycles. The number of nitrogens with zero attached hydrogens (tertiary/aromatic N) is 5. The highest BCUT2D eigenvalue weighted by molar-refractivity contribution is 6.07. The molecule has 0 spiro atoms. The van der Waals surface area contributed by atoms with Gasteiger partial charge in [0.2, 0.25) is 0 Å². The molecule has 0 radical (unpaired) electrons. The van der Waals surface area contributed by atoms with Crippen molar-refractivity contribution in [1.82, 2.24) is 24.9 Å². The van der Waals surface area contributed by atoms with Crippen LogP contribution in [0.3, 0.4) is 0 Å². The Kier molecular flexibility index (Phi) is 4.34. The van der Waals surface area contributed by atoms with Crippen LogP contribution in [0.15, 0.2) is 36.8 Å². The van der Waals surface area contributed by atoms with E-state index in [9.17, 15) is 9.18 Å². The number of halogens is 1. The summed E-state index contributed by atoms with van der Waals surface area (Å²) < 4.78 is 15.6. The molecule has 0 bridgehead atoms. The third-order valence-electron chi connectivity index (χ3n) is 4.69. The molecule has 1 unspecified atom stereocenters. The second-order valence-corrected chi connectivity index (χ2v) is 6.34. The molecule has 8 heteroatoms. The minimum atomic E-state index is -0.448. The molecular formula is C18H18FN5O2. The highest BCUT2D eigenvalue weighted by Crippen LogP contribution is 2.33. The first kappa shape index (κ1) is 16.6. The molecule has 1 aliphatic heterocycles. The fourth-order valence-electron chi connectivity index (χ4n) is 3.49. The SMILES string of the molecule is O=C(c1cc(F)cc2ccncc12)N1CCCC1c1cn(CCO)nn1. The van der Waals surface area contributed by atoms with Crippen LogP contribution in [-0.2, 0) is 6.54 Å². The third kappa shape index (κ3) is 2.92. The van der Waals surface area contributed by atoms with Gasteiger partial charge in [-0.3, -0.25) is 9.78 Å². The van der Waals surface area contributed by atoms with Crippen molar-refractivity contribution in [3.63, 3.8) is 0 Å². The largest absolute Gasteiger partial charge is 0.394 e. The van der Waals surface area contributed by atoms with Crippen LogP contribution in [0.2, 0.25) is 0 Å². The lowest BCUT2D eigenvalue weighted by Gasteiger charge is -2.23. The van der Waals surface area contributed by atoms with Crippen LogP contribution in [0, 0.1) is 5.82 Å². The van der Waals surface area contributed by atoms with Crippen LogP contribution >= 0.6 is 0 Å². The summed E-state index contributed by atoms with van der Waals surface area (Å²) in [6.07, 6.45) is 6.53. The molecule has 26 heavy (non-hydrogen) atoms. The molecule has 7 nitrogen and oxygen atoms in total. The van der Waals surface area contributed by atoms with Crippen LogP contribution in [0.4, 0.5) is 4.39 Å². The number of likely N-dealkylation sites (tertiary alicyclic amines) is 1. The maximum atomic E-state index is 14.0. The average molecular weight is 355 g/mol. The Hall–Kier alpha value is -2.87. The average Bonchev–Trinajstić information content (AvgIpc) is 3.29. The normalized spacial score (nSPS) is 17.2. The van der Waals surface area contributed by atoms with Gasteiger partial charge >= 0.3 is 0 Å². The summed E-state index contributed by atoms with van der Waals surface area (Å²) in [5.74, 6) is -0.682. The first-order chi connectivity index (χ1) is 12.7. The van der Waals surface area contributed by atoms with E-state index in [1.807, 2.05) is 0 Å². The molecule has 1 N–H and O–H groups in total. The molecule has 1 aliphatic rings. The quantitative estimate of drug-likeness (QED) is 0.773. The van der Waals surface area contributed by atoms with Gasteiger partial charge in [0.05, 0.1) is 31.0 Å². The van der Waals surface area contributed by atoms with Crippen LogP contribution in [0.25, 0.3) is 10.8 Å². The Morgan fingerprint density at radius 2 is 2.27 bits per heavy atom. The highest BCUT2D eigenvalue weighted by Gasteiger charge is 2.33. The fourth-order valence-corrected chi connectivity index (χ4v) is 3.49. The minimum absolute atomic E-state index is 0.0294. The third-order valence-corrected chi connectivity index (χ3v) is 4.69. The van der Waals surface area contributed by atoms with E-state index >= 15 is 0 Å². The Labute approximate surface area is 149 Å². The van der Waals surface area contributed by atoms with Crippen LogP contribution in [-0.4, -0.2) is 49.0 Å². The predicted molar refractivity (Wildman–Crippen MR) is 91.8 cm³/mol. The fraction of sp³-hybridized carbons (Fsp3) is 0.333. The smallest absolute Gasteiger partial charge is 0.255 e. The van der Waals surface area contributed by atoms with Crippen molar-refractivity contribution in [1.29, 1.82) is 0 Å². The summed E-state index contributed by atoms with van der Waals surface area (Å²) in [5.41, 5.74) is 0.992. The number of hydrogen-bond acceptors (Lipinski definition) is 5. The van der Waals surface area contributed by atoms with E-state index in [1.54, 1.807) is 34.2 Å². The van der Waals surface area contributed by atoms with Gasteiger partial charge in [0, 0.05) is 24.3 Å². The molecule has 134 valence electrons. The molecule has 1 amide bonds. The summed E-state index contributed by atoms with van der Waals surface area (Å²) in [6, 6.07) is 4.15. The van der Waals surface area contributed by atoms with Gasteiger partial charge in [-0.1, -0.05) is 5.21 Å². The number of aromatic nitrogens is 4. The van der Waals surface area contributed by atoms with Crippen molar-refractivity contribution < 1.29 is 14.3 Å². The van der Waals surface area contributed by atoms with Gasteiger partial charge in [0.15, 0.2) is 0 Å². The molecular weight excluding hydrogens is 337 g/mol. The maximum Gasteiger partial charge on any atom is 0.255 e. The Bertz CT molecular complexity index is 958.